The third-order valence-electron chi connectivity index (χ3n) is 3.56. The molecule has 0 aliphatic carbocycles. The quantitative estimate of drug-likeness (QED) is 0.812. The number of amides is 1. The Hall–Kier alpha value is -2.95. The number of ether oxygens (including phenoxy) is 1. The molecule has 0 radical (unpaired) electrons. The number of rotatable bonds is 3. The molecule has 0 spiro atoms. The van der Waals surface area contributed by atoms with E-state index in [4.69, 9.17) is 4.74 Å². The molecule has 1 aliphatic rings. The highest BCUT2D eigenvalue weighted by atomic mass is 19.1. The van der Waals surface area contributed by atoms with Crippen molar-refractivity contribution in [3.8, 4) is 5.75 Å². The monoisotopic (exact) mass is 310 g/mol. The van der Waals surface area contributed by atoms with Gasteiger partial charge in [-0.05, 0) is 55.0 Å². The lowest BCUT2D eigenvalue weighted by atomic mass is 10.1. The SMILES string of the molecule is COc1ccc(/C=C2/C(=O)N(c3ccc(F)cc3)N=C2C)cc1. The van der Waals surface area contributed by atoms with Crippen LogP contribution in [0, 0.1) is 5.82 Å². The van der Waals surface area contributed by atoms with Gasteiger partial charge in [-0.25, -0.2) is 4.39 Å². The zero-order valence-electron chi connectivity index (χ0n) is 12.8. The van der Waals surface area contributed by atoms with Crippen molar-refractivity contribution in [1.82, 2.24) is 0 Å². The minimum atomic E-state index is -0.352. The number of carbonyl (C=O) groups is 1. The average Bonchev–Trinajstić information content (AvgIpc) is 2.84. The molecule has 1 heterocycles. The fourth-order valence-corrected chi connectivity index (χ4v) is 2.31. The summed E-state index contributed by atoms with van der Waals surface area (Å²) in [5, 5.41) is 5.55. The van der Waals surface area contributed by atoms with Crippen LogP contribution in [-0.2, 0) is 4.79 Å². The summed E-state index contributed by atoms with van der Waals surface area (Å²) in [7, 11) is 1.60. The molecule has 0 saturated carbocycles. The number of nitrogens with zero attached hydrogens (tertiary/aromatic N) is 2. The number of hydrogen-bond acceptors (Lipinski definition) is 3. The van der Waals surface area contributed by atoms with Crippen LogP contribution >= 0.6 is 0 Å². The number of methoxy groups -OCH3 is 1. The van der Waals surface area contributed by atoms with E-state index in [1.165, 1.54) is 29.3 Å². The van der Waals surface area contributed by atoms with Crippen molar-refractivity contribution in [2.75, 3.05) is 12.1 Å². The van der Waals surface area contributed by atoms with Crippen molar-refractivity contribution in [2.24, 2.45) is 5.10 Å². The predicted octanol–water partition coefficient (Wildman–Crippen LogP) is 3.64. The Morgan fingerprint density at radius 2 is 1.74 bits per heavy atom. The average molecular weight is 310 g/mol. The van der Waals surface area contributed by atoms with Crippen LogP contribution in [0.25, 0.3) is 6.08 Å². The Morgan fingerprint density at radius 1 is 1.09 bits per heavy atom. The van der Waals surface area contributed by atoms with Crippen molar-refractivity contribution in [1.29, 1.82) is 0 Å². The topological polar surface area (TPSA) is 41.9 Å². The van der Waals surface area contributed by atoms with Crippen molar-refractivity contribution >= 4 is 23.4 Å². The molecule has 4 nitrogen and oxygen atoms in total. The molecule has 2 aromatic rings. The fraction of sp³-hybridized carbons (Fsp3) is 0.111. The van der Waals surface area contributed by atoms with Crippen LogP contribution in [0.5, 0.6) is 5.75 Å². The summed E-state index contributed by atoms with van der Waals surface area (Å²) in [5.41, 5.74) is 2.55. The zero-order valence-corrected chi connectivity index (χ0v) is 12.8. The third-order valence-corrected chi connectivity index (χ3v) is 3.56. The minimum Gasteiger partial charge on any atom is -0.497 e. The minimum absolute atomic E-state index is 0.232. The van der Waals surface area contributed by atoms with Gasteiger partial charge in [0.05, 0.1) is 24.1 Å². The van der Waals surface area contributed by atoms with E-state index in [1.807, 2.05) is 24.3 Å². The van der Waals surface area contributed by atoms with Gasteiger partial charge >= 0.3 is 0 Å². The van der Waals surface area contributed by atoms with Crippen LogP contribution in [0.2, 0.25) is 0 Å². The van der Waals surface area contributed by atoms with E-state index in [0.717, 1.165) is 11.3 Å². The number of halogens is 1. The number of hydrogen-bond donors (Lipinski definition) is 0. The Morgan fingerprint density at radius 3 is 2.35 bits per heavy atom. The molecule has 1 amide bonds. The molecule has 0 fully saturated rings. The smallest absolute Gasteiger partial charge is 0.280 e. The maximum atomic E-state index is 13.0. The molecule has 23 heavy (non-hydrogen) atoms. The molecule has 0 N–H and O–H groups in total. The van der Waals surface area contributed by atoms with E-state index in [0.29, 0.717) is 17.0 Å². The van der Waals surface area contributed by atoms with Crippen LogP contribution in [0.3, 0.4) is 0 Å². The summed E-state index contributed by atoms with van der Waals surface area (Å²) in [6.07, 6.45) is 1.78. The predicted molar refractivity (Wildman–Crippen MR) is 88.0 cm³/mol. The molecule has 0 saturated heterocycles. The first-order valence-corrected chi connectivity index (χ1v) is 7.10. The van der Waals surface area contributed by atoms with E-state index >= 15 is 0 Å². The van der Waals surface area contributed by atoms with Crippen LogP contribution in [0.1, 0.15) is 12.5 Å². The second-order valence-corrected chi connectivity index (χ2v) is 5.11. The molecule has 0 unspecified atom stereocenters. The van der Waals surface area contributed by atoms with Gasteiger partial charge in [0, 0.05) is 0 Å². The molecule has 0 atom stereocenters. The summed E-state index contributed by atoms with van der Waals surface area (Å²) in [5.74, 6) is 0.170. The van der Waals surface area contributed by atoms with Crippen molar-refractivity contribution in [2.45, 2.75) is 6.92 Å². The molecule has 2 aromatic carbocycles. The van der Waals surface area contributed by atoms with Gasteiger partial charge in [0.15, 0.2) is 0 Å². The summed E-state index contributed by atoms with van der Waals surface area (Å²) in [4.78, 5) is 12.6. The lowest BCUT2D eigenvalue weighted by Crippen LogP contribution is -2.21. The second kappa shape index (κ2) is 6.04. The zero-order chi connectivity index (χ0) is 16.4. The molecule has 0 aromatic heterocycles. The van der Waals surface area contributed by atoms with Gasteiger partial charge in [0.2, 0.25) is 0 Å². The first kappa shape index (κ1) is 15.0. The Balaban J connectivity index is 1.89. The lowest BCUT2D eigenvalue weighted by molar-refractivity contribution is -0.114. The normalized spacial score (nSPS) is 16.0. The standard InChI is InChI=1S/C18H15FN2O2/c1-12-17(11-13-3-9-16(23-2)10-4-13)18(22)21(20-12)15-7-5-14(19)6-8-15/h3-11H,1-2H3/b17-11+. The molecule has 5 heteroatoms. The van der Waals surface area contributed by atoms with Gasteiger partial charge < -0.3 is 4.74 Å². The van der Waals surface area contributed by atoms with E-state index in [2.05, 4.69) is 5.10 Å². The van der Waals surface area contributed by atoms with Crippen molar-refractivity contribution in [3.05, 3.63) is 65.5 Å². The highest BCUT2D eigenvalue weighted by molar-refractivity contribution is 6.32. The highest BCUT2D eigenvalue weighted by Gasteiger charge is 2.28. The van der Waals surface area contributed by atoms with Crippen LogP contribution in [0.4, 0.5) is 10.1 Å². The fourth-order valence-electron chi connectivity index (χ4n) is 2.31. The van der Waals surface area contributed by atoms with E-state index < -0.39 is 0 Å². The van der Waals surface area contributed by atoms with Gasteiger partial charge in [0.1, 0.15) is 11.6 Å². The second-order valence-electron chi connectivity index (χ2n) is 5.11. The Bertz CT molecular complexity index is 793. The van der Waals surface area contributed by atoms with Crippen LogP contribution in [0.15, 0.2) is 59.2 Å². The molecular weight excluding hydrogens is 295 g/mol. The van der Waals surface area contributed by atoms with Gasteiger partial charge in [-0.2, -0.15) is 10.1 Å². The maximum Gasteiger partial charge on any atom is 0.280 e. The Labute approximate surface area is 133 Å². The van der Waals surface area contributed by atoms with Crippen molar-refractivity contribution < 1.29 is 13.9 Å². The first-order valence-electron chi connectivity index (χ1n) is 7.10. The lowest BCUT2D eigenvalue weighted by Gasteiger charge is -2.11. The molecule has 1 aliphatic heterocycles. The van der Waals surface area contributed by atoms with Crippen molar-refractivity contribution in [3.63, 3.8) is 0 Å². The van der Waals surface area contributed by atoms with E-state index in [9.17, 15) is 9.18 Å². The molecule has 0 bridgehead atoms. The highest BCUT2D eigenvalue weighted by Crippen LogP contribution is 2.25. The van der Waals surface area contributed by atoms with E-state index in [-0.39, 0.29) is 11.7 Å². The number of carbonyl (C=O) groups excluding carboxylic acids is 1. The Kier molecular flexibility index (Phi) is 3.93. The van der Waals surface area contributed by atoms with E-state index in [1.54, 1.807) is 20.1 Å². The number of anilines is 1. The molecule has 3 rings (SSSR count). The van der Waals surface area contributed by atoms with Crippen LogP contribution in [-0.4, -0.2) is 18.7 Å². The molecular formula is C18H15FN2O2. The summed E-state index contributed by atoms with van der Waals surface area (Å²) in [6.45, 7) is 1.77. The number of benzene rings is 2. The van der Waals surface area contributed by atoms with Gasteiger partial charge in [-0.15, -0.1) is 0 Å². The third kappa shape index (κ3) is 2.99. The number of hydrazone groups is 1. The maximum absolute atomic E-state index is 13.0. The molecule has 116 valence electrons. The van der Waals surface area contributed by atoms with Crippen LogP contribution < -0.4 is 9.75 Å². The van der Waals surface area contributed by atoms with Gasteiger partial charge in [0.25, 0.3) is 5.91 Å². The summed E-state index contributed by atoms with van der Waals surface area (Å²) >= 11 is 0. The van der Waals surface area contributed by atoms with Gasteiger partial charge in [-0.1, -0.05) is 12.1 Å². The first-order chi connectivity index (χ1) is 11.1. The summed E-state index contributed by atoms with van der Waals surface area (Å²) < 4.78 is 18.1. The summed E-state index contributed by atoms with van der Waals surface area (Å²) in [6, 6.07) is 13.1. The van der Waals surface area contributed by atoms with Gasteiger partial charge in [-0.3, -0.25) is 4.79 Å². The largest absolute Gasteiger partial charge is 0.497 e.